The van der Waals surface area contributed by atoms with Gasteiger partial charge in [0, 0.05) is 0 Å². The molecule has 1 aliphatic rings. The molecule has 9 unspecified atom stereocenters. The fraction of sp³-hybridized carbons (Fsp3) is 0.986. The number of hydrogen-bond donors (Lipinski definition) is 8. The van der Waals surface area contributed by atoms with Crippen LogP contribution < -0.4 is 5.32 Å². The van der Waals surface area contributed by atoms with Crippen molar-refractivity contribution in [1.29, 1.82) is 0 Å². The van der Waals surface area contributed by atoms with Gasteiger partial charge in [0.2, 0.25) is 5.91 Å². The maximum atomic E-state index is 13.3. The minimum Gasteiger partial charge on any atom is -0.394 e. The summed E-state index contributed by atoms with van der Waals surface area (Å²) >= 11 is 0. The van der Waals surface area contributed by atoms with E-state index < -0.39 is 74.2 Å². The quantitative estimate of drug-likeness (QED) is 0.0272. The topological polar surface area (TPSA) is 189 Å². The van der Waals surface area contributed by atoms with Gasteiger partial charge in [-0.1, -0.05) is 373 Å². The summed E-state index contributed by atoms with van der Waals surface area (Å²) in [4.78, 5) is 13.3. The molecule has 0 bridgehead atoms. The van der Waals surface area contributed by atoms with Gasteiger partial charge in [0.25, 0.3) is 0 Å². The summed E-state index contributed by atoms with van der Waals surface area (Å²) in [6.07, 6.45) is 63.4. The van der Waals surface area contributed by atoms with Crippen LogP contribution in [0.25, 0.3) is 0 Å². The normalized spacial score (nSPS) is 18.9. The standard InChI is InChI=1S/C72H143NO10/c1-3-5-7-9-11-13-15-17-19-21-23-25-27-29-30-31-32-33-34-35-36-38-39-41-43-45-47-49-51-53-55-57-59-64(75)67(77)63(62-82-72-70(80)69(79)68(78)66(61-74)83-72)73-71(81)65(76)60-58-56-54-52-50-48-46-44-42-40-37-28-26-24-22-20-18-16-14-12-10-8-6-4-2/h63-70,72,74-80H,3-62H2,1-2H3,(H,73,81). The van der Waals surface area contributed by atoms with Gasteiger partial charge in [-0.25, -0.2) is 0 Å². The lowest BCUT2D eigenvalue weighted by Gasteiger charge is -2.40. The fourth-order valence-corrected chi connectivity index (χ4v) is 12.5. The molecule has 1 amide bonds. The number of carbonyl (C=O) groups is 1. The molecule has 1 fully saturated rings. The first-order valence-corrected chi connectivity index (χ1v) is 36.9. The first kappa shape index (κ1) is 80.1. The van der Waals surface area contributed by atoms with Crippen molar-refractivity contribution in [2.24, 2.45) is 0 Å². The van der Waals surface area contributed by atoms with Crippen molar-refractivity contribution in [3.05, 3.63) is 0 Å². The molecule has 0 aromatic rings. The summed E-state index contributed by atoms with van der Waals surface area (Å²) in [6.45, 7) is 3.53. The maximum Gasteiger partial charge on any atom is 0.249 e. The maximum absolute atomic E-state index is 13.3. The van der Waals surface area contributed by atoms with Crippen molar-refractivity contribution in [3.63, 3.8) is 0 Å². The fourth-order valence-electron chi connectivity index (χ4n) is 12.5. The van der Waals surface area contributed by atoms with E-state index in [0.717, 1.165) is 38.5 Å². The van der Waals surface area contributed by atoms with Crippen LogP contribution >= 0.6 is 0 Å². The second-order valence-electron chi connectivity index (χ2n) is 26.4. The Kier molecular flexibility index (Phi) is 59.2. The van der Waals surface area contributed by atoms with Crippen LogP contribution in [0.3, 0.4) is 0 Å². The molecule has 83 heavy (non-hydrogen) atoms. The van der Waals surface area contributed by atoms with E-state index in [4.69, 9.17) is 9.47 Å². The SMILES string of the molecule is CCCCCCCCCCCCCCCCCCCCCCCCCCCCCCCCCCC(O)C(O)C(COC1OC(CO)C(O)C(O)C1O)NC(=O)C(O)CCCCCCCCCCCCCCCCCCCCCCCCCC. The molecule has 0 aliphatic carbocycles. The zero-order valence-electron chi connectivity index (χ0n) is 55.0. The predicted octanol–water partition coefficient (Wildman–Crippen LogP) is 18.0. The van der Waals surface area contributed by atoms with Crippen LogP contribution in [0.15, 0.2) is 0 Å². The molecule has 0 saturated carbocycles. The summed E-state index contributed by atoms with van der Waals surface area (Å²) in [5, 5.41) is 76.6. The Morgan fingerprint density at radius 1 is 0.373 bits per heavy atom. The van der Waals surface area contributed by atoms with Crippen LogP contribution in [-0.2, 0) is 14.3 Å². The van der Waals surface area contributed by atoms with Crippen molar-refractivity contribution in [2.75, 3.05) is 13.2 Å². The van der Waals surface area contributed by atoms with E-state index in [2.05, 4.69) is 19.2 Å². The Morgan fingerprint density at radius 2 is 0.627 bits per heavy atom. The lowest BCUT2D eigenvalue weighted by Crippen LogP contribution is -2.60. The minimum atomic E-state index is -1.66. The summed E-state index contributed by atoms with van der Waals surface area (Å²) < 4.78 is 11.2. The molecule has 496 valence electrons. The van der Waals surface area contributed by atoms with Crippen molar-refractivity contribution in [1.82, 2.24) is 5.32 Å². The van der Waals surface area contributed by atoms with E-state index >= 15 is 0 Å². The van der Waals surface area contributed by atoms with Gasteiger partial charge in [0.15, 0.2) is 6.29 Å². The Labute approximate surface area is 513 Å². The number of hydrogen-bond acceptors (Lipinski definition) is 10. The van der Waals surface area contributed by atoms with Gasteiger partial charge in [-0.15, -0.1) is 0 Å². The minimum absolute atomic E-state index is 0.268. The van der Waals surface area contributed by atoms with Crippen molar-refractivity contribution in [2.45, 2.75) is 441 Å². The van der Waals surface area contributed by atoms with Gasteiger partial charge in [-0.05, 0) is 12.8 Å². The molecule has 1 heterocycles. The second kappa shape index (κ2) is 61.4. The number of aliphatic hydroxyl groups is 7. The number of ether oxygens (including phenoxy) is 2. The zero-order valence-corrected chi connectivity index (χ0v) is 55.0. The van der Waals surface area contributed by atoms with E-state index in [9.17, 15) is 40.5 Å². The molecule has 0 spiro atoms. The third-order valence-corrected chi connectivity index (χ3v) is 18.4. The first-order valence-electron chi connectivity index (χ1n) is 36.9. The summed E-state index contributed by atoms with van der Waals surface area (Å²) in [6, 6.07) is -1.16. The van der Waals surface area contributed by atoms with E-state index in [1.807, 2.05) is 0 Å². The van der Waals surface area contributed by atoms with Gasteiger partial charge in [0.1, 0.15) is 36.6 Å². The third kappa shape index (κ3) is 48.7. The molecule has 8 N–H and O–H groups in total. The number of aliphatic hydroxyl groups excluding tert-OH is 7. The lowest BCUT2D eigenvalue weighted by atomic mass is 9.98. The van der Waals surface area contributed by atoms with Crippen LogP contribution in [-0.4, -0.2) is 110 Å². The Bertz CT molecular complexity index is 1310. The highest BCUT2D eigenvalue weighted by molar-refractivity contribution is 5.80. The number of unbranched alkanes of at least 4 members (excludes halogenated alkanes) is 54. The molecular weight excluding hydrogens is 1040 g/mol. The predicted molar refractivity (Wildman–Crippen MR) is 349 cm³/mol. The van der Waals surface area contributed by atoms with E-state index in [-0.39, 0.29) is 6.42 Å². The molecule has 1 aliphatic heterocycles. The van der Waals surface area contributed by atoms with Gasteiger partial charge in [0.05, 0.1) is 25.4 Å². The van der Waals surface area contributed by atoms with E-state index in [1.165, 1.54) is 308 Å². The Morgan fingerprint density at radius 3 is 0.892 bits per heavy atom. The monoisotopic (exact) mass is 1180 g/mol. The molecule has 9 atom stereocenters. The first-order chi connectivity index (χ1) is 40.7. The number of carbonyl (C=O) groups excluding carboxylic acids is 1. The van der Waals surface area contributed by atoms with Crippen LogP contribution in [0.4, 0.5) is 0 Å². The molecule has 1 rings (SSSR count). The van der Waals surface area contributed by atoms with Crippen molar-refractivity contribution in [3.8, 4) is 0 Å². The molecular formula is C72H143NO10. The average molecular weight is 1180 g/mol. The number of nitrogens with one attached hydrogen (secondary N) is 1. The lowest BCUT2D eigenvalue weighted by molar-refractivity contribution is -0.303. The van der Waals surface area contributed by atoms with Crippen molar-refractivity contribution < 1.29 is 50.0 Å². The van der Waals surface area contributed by atoms with Gasteiger partial charge >= 0.3 is 0 Å². The summed E-state index contributed by atoms with van der Waals surface area (Å²) in [5.74, 6) is -0.686. The number of amides is 1. The Balaban J connectivity index is 2.15. The highest BCUT2D eigenvalue weighted by Gasteiger charge is 2.44. The van der Waals surface area contributed by atoms with E-state index in [1.54, 1.807) is 0 Å². The van der Waals surface area contributed by atoms with Gasteiger partial charge < -0.3 is 50.5 Å². The van der Waals surface area contributed by atoms with Crippen LogP contribution in [0.1, 0.15) is 386 Å². The van der Waals surface area contributed by atoms with Crippen molar-refractivity contribution >= 4 is 5.91 Å². The molecule has 0 aromatic carbocycles. The highest BCUT2D eigenvalue weighted by Crippen LogP contribution is 2.24. The van der Waals surface area contributed by atoms with Crippen LogP contribution in [0.5, 0.6) is 0 Å². The Hall–Kier alpha value is -0.890. The molecule has 0 aromatic heterocycles. The molecule has 11 heteroatoms. The smallest absolute Gasteiger partial charge is 0.249 e. The highest BCUT2D eigenvalue weighted by atomic mass is 16.7. The molecule has 0 radical (unpaired) electrons. The largest absolute Gasteiger partial charge is 0.394 e. The van der Waals surface area contributed by atoms with Crippen LogP contribution in [0, 0.1) is 0 Å². The van der Waals surface area contributed by atoms with Gasteiger partial charge in [-0.3, -0.25) is 4.79 Å². The molecule has 11 nitrogen and oxygen atoms in total. The zero-order chi connectivity index (χ0) is 60.3. The molecule has 1 saturated heterocycles. The third-order valence-electron chi connectivity index (χ3n) is 18.4. The summed E-state index contributed by atoms with van der Waals surface area (Å²) in [5.41, 5.74) is 0. The van der Waals surface area contributed by atoms with Gasteiger partial charge in [-0.2, -0.15) is 0 Å². The second-order valence-corrected chi connectivity index (χ2v) is 26.4. The average Bonchev–Trinajstić information content (AvgIpc) is 3.69. The summed E-state index contributed by atoms with van der Waals surface area (Å²) in [7, 11) is 0. The van der Waals surface area contributed by atoms with Crippen LogP contribution in [0.2, 0.25) is 0 Å². The number of rotatable bonds is 66. The van der Waals surface area contributed by atoms with E-state index in [0.29, 0.717) is 19.3 Å².